The van der Waals surface area contributed by atoms with E-state index in [4.69, 9.17) is 4.42 Å². The fraction of sp³-hybridized carbons (Fsp3) is 0.238. The van der Waals surface area contributed by atoms with E-state index in [0.717, 1.165) is 17.8 Å². The molecule has 27 heavy (non-hydrogen) atoms. The van der Waals surface area contributed by atoms with Gasteiger partial charge < -0.3 is 14.3 Å². The molecule has 4 rings (SSSR count). The minimum absolute atomic E-state index is 0.0264. The zero-order valence-electron chi connectivity index (χ0n) is 15.1. The van der Waals surface area contributed by atoms with E-state index in [2.05, 4.69) is 39.3 Å². The van der Waals surface area contributed by atoms with Crippen LogP contribution < -0.4 is 5.32 Å². The van der Waals surface area contributed by atoms with Crippen molar-refractivity contribution in [2.75, 3.05) is 6.54 Å². The number of aromatic nitrogens is 2. The Balaban J connectivity index is 1.28. The second-order valence-electron chi connectivity index (χ2n) is 6.45. The number of oxazole rings is 1. The van der Waals surface area contributed by atoms with Crippen molar-refractivity contribution in [1.82, 2.24) is 14.9 Å². The van der Waals surface area contributed by atoms with Crippen molar-refractivity contribution in [3.63, 3.8) is 0 Å². The van der Waals surface area contributed by atoms with Crippen molar-refractivity contribution in [1.29, 1.82) is 0 Å². The van der Waals surface area contributed by atoms with Crippen LogP contribution in [0.15, 0.2) is 58.5 Å². The Hall–Kier alpha value is -2.86. The maximum absolute atomic E-state index is 12.2. The molecule has 0 bridgehead atoms. The van der Waals surface area contributed by atoms with Gasteiger partial charge in [-0.05, 0) is 42.3 Å². The number of rotatable bonds is 7. The van der Waals surface area contributed by atoms with Crippen molar-refractivity contribution < 1.29 is 9.21 Å². The first kappa shape index (κ1) is 17.5. The van der Waals surface area contributed by atoms with Gasteiger partial charge >= 0.3 is 0 Å². The molecule has 0 aliphatic heterocycles. The summed E-state index contributed by atoms with van der Waals surface area (Å²) >= 11 is 1.57. The minimum atomic E-state index is -0.0264. The van der Waals surface area contributed by atoms with Crippen molar-refractivity contribution in [3.05, 3.63) is 65.5 Å². The number of nitrogens with one attached hydrogen (secondary N) is 1. The number of amides is 1. The average molecular weight is 379 g/mol. The van der Waals surface area contributed by atoms with Gasteiger partial charge in [0.15, 0.2) is 0 Å². The molecule has 0 aliphatic carbocycles. The fourth-order valence-electron chi connectivity index (χ4n) is 3.13. The summed E-state index contributed by atoms with van der Waals surface area (Å²) in [5.74, 6) is 1.26. The van der Waals surface area contributed by atoms with E-state index >= 15 is 0 Å². The normalized spacial score (nSPS) is 11.1. The Morgan fingerprint density at radius 3 is 2.96 bits per heavy atom. The molecule has 0 unspecified atom stereocenters. The van der Waals surface area contributed by atoms with Crippen LogP contribution in [0.2, 0.25) is 0 Å². The molecule has 0 aliphatic rings. The van der Waals surface area contributed by atoms with E-state index in [-0.39, 0.29) is 12.3 Å². The van der Waals surface area contributed by atoms with Gasteiger partial charge in [0.05, 0.1) is 17.0 Å². The summed E-state index contributed by atoms with van der Waals surface area (Å²) in [5.41, 5.74) is 1.93. The molecule has 5 nitrogen and oxygen atoms in total. The predicted octanol–water partition coefficient (Wildman–Crippen LogP) is 4.42. The standard InChI is InChI=1S/C21H21N3O2S/c1-15-17(23-21(26-15)19-8-4-13-27-19)14-20(25)22-10-5-11-24-12-9-16-6-2-3-7-18(16)24/h2-4,6-9,12-13H,5,10-11,14H2,1H3,(H,22,25). The van der Waals surface area contributed by atoms with E-state index in [0.29, 0.717) is 23.9 Å². The molecule has 4 aromatic rings. The molecule has 3 heterocycles. The highest BCUT2D eigenvalue weighted by Gasteiger charge is 2.15. The number of hydrogen-bond acceptors (Lipinski definition) is 4. The van der Waals surface area contributed by atoms with Crippen molar-refractivity contribution in [2.45, 2.75) is 26.3 Å². The van der Waals surface area contributed by atoms with E-state index in [1.807, 2.05) is 36.6 Å². The molecular formula is C21H21N3O2S. The molecule has 3 aromatic heterocycles. The lowest BCUT2D eigenvalue weighted by molar-refractivity contribution is -0.120. The van der Waals surface area contributed by atoms with Crippen LogP contribution >= 0.6 is 11.3 Å². The smallest absolute Gasteiger partial charge is 0.236 e. The maximum atomic E-state index is 12.2. The minimum Gasteiger partial charge on any atom is -0.440 e. The lowest BCUT2D eigenvalue weighted by atomic mass is 10.2. The zero-order chi connectivity index (χ0) is 18.6. The highest BCUT2D eigenvalue weighted by Crippen LogP contribution is 2.26. The van der Waals surface area contributed by atoms with Gasteiger partial charge in [-0.3, -0.25) is 4.79 Å². The second kappa shape index (κ2) is 7.80. The van der Waals surface area contributed by atoms with Crippen molar-refractivity contribution in [3.8, 4) is 10.8 Å². The summed E-state index contributed by atoms with van der Waals surface area (Å²) in [6.45, 7) is 3.36. The molecule has 1 N–H and O–H groups in total. The fourth-order valence-corrected chi connectivity index (χ4v) is 3.77. The molecule has 138 valence electrons. The van der Waals surface area contributed by atoms with Crippen LogP contribution in [0.3, 0.4) is 0 Å². The van der Waals surface area contributed by atoms with Gasteiger partial charge in [0.2, 0.25) is 11.8 Å². The summed E-state index contributed by atoms with van der Waals surface area (Å²) in [4.78, 5) is 17.7. The monoisotopic (exact) mass is 379 g/mol. The number of carbonyl (C=O) groups excluding carboxylic acids is 1. The first-order valence-electron chi connectivity index (χ1n) is 9.01. The summed E-state index contributed by atoms with van der Waals surface area (Å²) in [5, 5.41) is 6.20. The van der Waals surface area contributed by atoms with Gasteiger partial charge in [-0.2, -0.15) is 0 Å². The number of aryl methyl sites for hydroxylation is 2. The largest absolute Gasteiger partial charge is 0.440 e. The van der Waals surface area contributed by atoms with Crippen LogP contribution in [0.5, 0.6) is 0 Å². The third kappa shape index (κ3) is 3.95. The van der Waals surface area contributed by atoms with Gasteiger partial charge in [-0.25, -0.2) is 4.98 Å². The topological polar surface area (TPSA) is 60.1 Å². The SMILES string of the molecule is Cc1oc(-c2cccs2)nc1CC(=O)NCCCn1ccc2ccccc21. The van der Waals surface area contributed by atoms with E-state index < -0.39 is 0 Å². The molecule has 1 aromatic carbocycles. The number of nitrogens with zero attached hydrogens (tertiary/aromatic N) is 2. The highest BCUT2D eigenvalue weighted by atomic mass is 32.1. The second-order valence-corrected chi connectivity index (χ2v) is 7.40. The molecule has 0 radical (unpaired) electrons. The Labute approximate surface area is 161 Å². The van der Waals surface area contributed by atoms with E-state index in [9.17, 15) is 4.79 Å². The third-order valence-electron chi connectivity index (χ3n) is 4.53. The zero-order valence-corrected chi connectivity index (χ0v) is 16.0. The van der Waals surface area contributed by atoms with Crippen LogP contribution in [0.4, 0.5) is 0 Å². The van der Waals surface area contributed by atoms with Crippen LogP contribution in [0, 0.1) is 6.92 Å². The molecule has 0 fully saturated rings. The molecule has 1 amide bonds. The summed E-state index contributed by atoms with van der Waals surface area (Å²) in [6.07, 6.45) is 3.22. The molecule has 6 heteroatoms. The van der Waals surface area contributed by atoms with Gasteiger partial charge in [0.1, 0.15) is 5.76 Å². The van der Waals surface area contributed by atoms with Gasteiger partial charge in [-0.15, -0.1) is 11.3 Å². The first-order chi connectivity index (χ1) is 13.2. The number of fused-ring (bicyclic) bond motifs is 1. The number of thiophene rings is 1. The quantitative estimate of drug-likeness (QED) is 0.484. The Kier molecular flexibility index (Phi) is 5.07. The van der Waals surface area contributed by atoms with E-state index in [1.54, 1.807) is 11.3 Å². The summed E-state index contributed by atoms with van der Waals surface area (Å²) in [6, 6.07) is 14.4. The molecule has 0 atom stereocenters. The number of para-hydroxylation sites is 1. The maximum Gasteiger partial charge on any atom is 0.236 e. The Morgan fingerprint density at radius 1 is 1.22 bits per heavy atom. The molecular weight excluding hydrogens is 358 g/mol. The van der Waals surface area contributed by atoms with Crippen molar-refractivity contribution in [2.24, 2.45) is 0 Å². The summed E-state index contributed by atoms with van der Waals surface area (Å²) < 4.78 is 7.91. The number of benzene rings is 1. The van der Waals surface area contributed by atoms with Crippen LogP contribution in [-0.4, -0.2) is 22.0 Å². The van der Waals surface area contributed by atoms with Crippen molar-refractivity contribution >= 4 is 28.1 Å². The molecule has 0 saturated heterocycles. The first-order valence-corrected chi connectivity index (χ1v) is 9.89. The molecule has 0 spiro atoms. The average Bonchev–Trinajstić information content (AvgIpc) is 3.40. The lowest BCUT2D eigenvalue weighted by Crippen LogP contribution is -2.27. The molecule has 0 saturated carbocycles. The highest BCUT2D eigenvalue weighted by molar-refractivity contribution is 7.13. The van der Waals surface area contributed by atoms with Crippen LogP contribution in [-0.2, 0) is 17.8 Å². The van der Waals surface area contributed by atoms with Gasteiger partial charge in [0.25, 0.3) is 0 Å². The predicted molar refractivity (Wildman–Crippen MR) is 108 cm³/mol. The van der Waals surface area contributed by atoms with Gasteiger partial charge in [-0.1, -0.05) is 24.3 Å². The number of carbonyl (C=O) groups is 1. The van der Waals surface area contributed by atoms with Crippen LogP contribution in [0.1, 0.15) is 17.9 Å². The van der Waals surface area contributed by atoms with Crippen LogP contribution in [0.25, 0.3) is 21.7 Å². The number of hydrogen-bond donors (Lipinski definition) is 1. The third-order valence-corrected chi connectivity index (χ3v) is 5.39. The lowest BCUT2D eigenvalue weighted by Gasteiger charge is -2.07. The van der Waals surface area contributed by atoms with Gasteiger partial charge in [0, 0.05) is 24.8 Å². The van der Waals surface area contributed by atoms with E-state index in [1.165, 1.54) is 10.9 Å². The Bertz CT molecular complexity index is 1050. The summed E-state index contributed by atoms with van der Waals surface area (Å²) in [7, 11) is 0. The Morgan fingerprint density at radius 2 is 2.11 bits per heavy atom.